The number of aromatic nitrogens is 2. The quantitative estimate of drug-likeness (QED) is 0.850. The van der Waals surface area contributed by atoms with Crippen LogP contribution in [0.25, 0.3) is 0 Å². The third-order valence-electron chi connectivity index (χ3n) is 2.97. The molecule has 4 nitrogen and oxygen atoms in total. The van der Waals surface area contributed by atoms with E-state index in [1.807, 2.05) is 18.2 Å². The molecule has 5 heteroatoms. The zero-order valence-electron chi connectivity index (χ0n) is 11.3. The van der Waals surface area contributed by atoms with E-state index in [1.54, 1.807) is 11.9 Å². The Balaban J connectivity index is 1.85. The molecule has 2 rings (SSSR count). The fourth-order valence-corrected chi connectivity index (χ4v) is 2.05. The van der Waals surface area contributed by atoms with Crippen LogP contribution in [-0.4, -0.2) is 34.4 Å². The van der Waals surface area contributed by atoms with Gasteiger partial charge in [-0.05, 0) is 18.4 Å². The molecule has 0 saturated heterocycles. The number of nitrogens with zero attached hydrogens (tertiary/aromatic N) is 3. The lowest BCUT2D eigenvalue weighted by atomic mass is 10.1. The molecule has 1 aromatic carbocycles. The smallest absolute Gasteiger partial charge is 0.273 e. The summed E-state index contributed by atoms with van der Waals surface area (Å²) in [5.41, 5.74) is 1.55. The summed E-state index contributed by atoms with van der Waals surface area (Å²) < 4.78 is 0. The minimum atomic E-state index is -0.159. The first-order valence-corrected chi connectivity index (χ1v) is 6.81. The van der Waals surface area contributed by atoms with Gasteiger partial charge in [0.1, 0.15) is 10.8 Å². The summed E-state index contributed by atoms with van der Waals surface area (Å²) in [6.45, 7) is 0.669. The number of hydrogen-bond acceptors (Lipinski definition) is 3. The molecular formula is C15H16ClN3O. The van der Waals surface area contributed by atoms with E-state index in [1.165, 1.54) is 18.0 Å². The lowest BCUT2D eigenvalue weighted by Crippen LogP contribution is -2.28. The Labute approximate surface area is 123 Å². The summed E-state index contributed by atoms with van der Waals surface area (Å²) in [6.07, 6.45) is 4.69. The Morgan fingerprint density at radius 1 is 1.25 bits per heavy atom. The van der Waals surface area contributed by atoms with Gasteiger partial charge in [0.2, 0.25) is 0 Å². The Bertz CT molecular complexity index is 574. The minimum absolute atomic E-state index is 0.159. The van der Waals surface area contributed by atoms with E-state index in [-0.39, 0.29) is 16.8 Å². The third-order valence-corrected chi connectivity index (χ3v) is 3.15. The van der Waals surface area contributed by atoms with Gasteiger partial charge in [0, 0.05) is 13.6 Å². The van der Waals surface area contributed by atoms with Crippen molar-refractivity contribution in [1.29, 1.82) is 0 Å². The molecule has 1 amide bonds. The van der Waals surface area contributed by atoms with Crippen LogP contribution in [0.1, 0.15) is 22.5 Å². The second-order valence-electron chi connectivity index (χ2n) is 4.54. The summed E-state index contributed by atoms with van der Waals surface area (Å²) in [7, 11) is 1.76. The number of halogens is 1. The number of hydrogen-bond donors (Lipinski definition) is 0. The second-order valence-corrected chi connectivity index (χ2v) is 4.93. The largest absolute Gasteiger partial charge is 0.340 e. The summed E-state index contributed by atoms with van der Waals surface area (Å²) in [5.74, 6) is -0.159. The van der Waals surface area contributed by atoms with E-state index < -0.39 is 0 Å². The van der Waals surface area contributed by atoms with Crippen LogP contribution in [0.5, 0.6) is 0 Å². The second kappa shape index (κ2) is 7.01. The number of aryl methyl sites for hydroxylation is 1. The van der Waals surface area contributed by atoms with Gasteiger partial charge in [0.05, 0.1) is 12.4 Å². The summed E-state index contributed by atoms with van der Waals surface area (Å²) >= 11 is 5.73. The lowest BCUT2D eigenvalue weighted by molar-refractivity contribution is 0.0787. The van der Waals surface area contributed by atoms with Crippen molar-refractivity contribution in [2.75, 3.05) is 13.6 Å². The van der Waals surface area contributed by atoms with Crippen molar-refractivity contribution in [3.63, 3.8) is 0 Å². The normalized spacial score (nSPS) is 10.3. The Hall–Kier alpha value is -1.94. The van der Waals surface area contributed by atoms with Crippen LogP contribution in [0.4, 0.5) is 0 Å². The molecule has 0 bridgehead atoms. The molecule has 20 heavy (non-hydrogen) atoms. The fourth-order valence-electron chi connectivity index (χ4n) is 1.91. The molecule has 1 heterocycles. The maximum atomic E-state index is 12.1. The van der Waals surface area contributed by atoms with E-state index in [0.29, 0.717) is 6.54 Å². The first kappa shape index (κ1) is 14.5. The predicted molar refractivity (Wildman–Crippen MR) is 78.8 cm³/mol. The topological polar surface area (TPSA) is 46.1 Å². The molecule has 0 aliphatic carbocycles. The van der Waals surface area contributed by atoms with Crippen LogP contribution in [-0.2, 0) is 6.42 Å². The van der Waals surface area contributed by atoms with Crippen LogP contribution in [0.15, 0.2) is 42.7 Å². The molecule has 0 saturated carbocycles. The summed E-state index contributed by atoms with van der Waals surface area (Å²) in [5, 5.41) is 0.230. The van der Waals surface area contributed by atoms with E-state index in [9.17, 15) is 4.79 Å². The molecule has 0 N–H and O–H groups in total. The highest BCUT2D eigenvalue weighted by atomic mass is 35.5. The van der Waals surface area contributed by atoms with Crippen LogP contribution in [0, 0.1) is 0 Å². The van der Waals surface area contributed by atoms with Gasteiger partial charge in [0.25, 0.3) is 5.91 Å². The van der Waals surface area contributed by atoms with Gasteiger partial charge in [0.15, 0.2) is 0 Å². The minimum Gasteiger partial charge on any atom is -0.340 e. The van der Waals surface area contributed by atoms with Crippen LogP contribution in [0.2, 0.25) is 5.15 Å². The number of rotatable bonds is 5. The molecule has 0 unspecified atom stereocenters. The van der Waals surface area contributed by atoms with Gasteiger partial charge >= 0.3 is 0 Å². The highest BCUT2D eigenvalue weighted by Crippen LogP contribution is 2.07. The molecule has 0 fully saturated rings. The SMILES string of the molecule is CN(CCCc1ccccc1)C(=O)c1cncc(Cl)n1. The van der Waals surface area contributed by atoms with Crippen molar-refractivity contribution in [3.05, 3.63) is 59.1 Å². The Morgan fingerprint density at radius 3 is 2.70 bits per heavy atom. The monoisotopic (exact) mass is 289 g/mol. The van der Waals surface area contributed by atoms with Crippen LogP contribution >= 0.6 is 11.6 Å². The van der Waals surface area contributed by atoms with Crippen molar-refractivity contribution in [2.45, 2.75) is 12.8 Å². The van der Waals surface area contributed by atoms with Gasteiger partial charge in [-0.15, -0.1) is 0 Å². The van der Waals surface area contributed by atoms with Gasteiger partial charge < -0.3 is 4.90 Å². The van der Waals surface area contributed by atoms with Crippen LogP contribution in [0.3, 0.4) is 0 Å². The first-order chi connectivity index (χ1) is 9.66. The van der Waals surface area contributed by atoms with Gasteiger partial charge in [-0.2, -0.15) is 0 Å². The van der Waals surface area contributed by atoms with Crippen molar-refractivity contribution < 1.29 is 4.79 Å². The van der Waals surface area contributed by atoms with Crippen LogP contribution < -0.4 is 0 Å². The summed E-state index contributed by atoms with van der Waals surface area (Å²) in [4.78, 5) is 21.6. The highest BCUT2D eigenvalue weighted by molar-refractivity contribution is 6.29. The van der Waals surface area contributed by atoms with E-state index in [0.717, 1.165) is 12.8 Å². The van der Waals surface area contributed by atoms with Gasteiger partial charge in [-0.25, -0.2) is 4.98 Å². The van der Waals surface area contributed by atoms with E-state index in [2.05, 4.69) is 22.1 Å². The average Bonchev–Trinajstić information content (AvgIpc) is 2.47. The van der Waals surface area contributed by atoms with Crippen molar-refractivity contribution in [1.82, 2.24) is 14.9 Å². The molecular weight excluding hydrogens is 274 g/mol. The number of carbonyl (C=O) groups is 1. The van der Waals surface area contributed by atoms with Gasteiger partial charge in [-0.1, -0.05) is 41.9 Å². The fraction of sp³-hybridized carbons (Fsp3) is 0.267. The standard InChI is InChI=1S/C15H16ClN3O/c1-19(9-5-8-12-6-3-2-4-7-12)15(20)13-10-17-11-14(16)18-13/h2-4,6-7,10-11H,5,8-9H2,1H3. The number of amides is 1. The maximum Gasteiger partial charge on any atom is 0.273 e. The number of benzene rings is 1. The molecule has 0 atom stereocenters. The molecule has 1 aromatic heterocycles. The zero-order chi connectivity index (χ0) is 14.4. The highest BCUT2D eigenvalue weighted by Gasteiger charge is 2.13. The molecule has 0 aliphatic heterocycles. The molecule has 0 aliphatic rings. The average molecular weight is 290 g/mol. The first-order valence-electron chi connectivity index (χ1n) is 6.44. The van der Waals surface area contributed by atoms with Gasteiger partial charge in [-0.3, -0.25) is 9.78 Å². The molecule has 0 spiro atoms. The Morgan fingerprint density at radius 2 is 2.00 bits per heavy atom. The third kappa shape index (κ3) is 4.03. The predicted octanol–water partition coefficient (Wildman–Crippen LogP) is 2.83. The van der Waals surface area contributed by atoms with Crippen molar-refractivity contribution >= 4 is 17.5 Å². The Kier molecular flexibility index (Phi) is 5.07. The molecule has 2 aromatic rings. The molecule has 0 radical (unpaired) electrons. The van der Waals surface area contributed by atoms with Crippen molar-refractivity contribution in [2.24, 2.45) is 0 Å². The summed E-state index contributed by atoms with van der Waals surface area (Å²) in [6, 6.07) is 10.2. The lowest BCUT2D eigenvalue weighted by Gasteiger charge is -2.16. The molecule has 104 valence electrons. The number of carbonyl (C=O) groups excluding carboxylic acids is 1. The van der Waals surface area contributed by atoms with Crippen molar-refractivity contribution in [3.8, 4) is 0 Å². The van der Waals surface area contributed by atoms with E-state index >= 15 is 0 Å². The zero-order valence-corrected chi connectivity index (χ0v) is 12.0. The maximum absolute atomic E-state index is 12.1. The van der Waals surface area contributed by atoms with E-state index in [4.69, 9.17) is 11.6 Å².